The molecule has 0 fully saturated rings. The number of nitrogens with one attached hydrogen (secondary N) is 4. The van der Waals surface area contributed by atoms with Crippen LogP contribution in [-0.2, 0) is 37.0 Å². The molecule has 0 bridgehead atoms. The molecule has 8 N–H and O–H groups in total. The van der Waals surface area contributed by atoms with Crippen molar-refractivity contribution >= 4 is 35.7 Å². The number of guanidine groups is 1. The molecular formula is C38H56N8O8. The molecule has 2 aromatic rings. The van der Waals surface area contributed by atoms with Crippen LogP contribution >= 0.6 is 0 Å². The minimum absolute atomic E-state index is 0.0226. The molecule has 4 amide bonds. The van der Waals surface area contributed by atoms with Gasteiger partial charge in [0.1, 0.15) is 42.4 Å². The van der Waals surface area contributed by atoms with Crippen LogP contribution in [0.3, 0.4) is 0 Å². The first-order valence-corrected chi connectivity index (χ1v) is 17.8. The molecule has 0 radical (unpaired) electrons. The maximum Gasteiger partial charge on any atom is 0.407 e. The number of rotatable bonds is 20. The first kappa shape index (κ1) is 44.6. The summed E-state index contributed by atoms with van der Waals surface area (Å²) in [4.78, 5) is 71.7. The van der Waals surface area contributed by atoms with Gasteiger partial charge in [0.25, 0.3) is 5.91 Å². The summed E-state index contributed by atoms with van der Waals surface area (Å²) < 4.78 is 16.1. The second-order valence-electron chi connectivity index (χ2n) is 13.9. The zero-order valence-corrected chi connectivity index (χ0v) is 32.2. The molecule has 1 heterocycles. The Balaban J connectivity index is 2.18. The highest BCUT2D eigenvalue weighted by atomic mass is 16.6. The number of carbonyl (C=O) groups is 5. The second kappa shape index (κ2) is 22.5. The van der Waals surface area contributed by atoms with Gasteiger partial charge in [-0.1, -0.05) is 29.8 Å². The molecule has 0 saturated carbocycles. The molecule has 0 unspecified atom stereocenters. The van der Waals surface area contributed by atoms with Gasteiger partial charge in [0.05, 0.1) is 12.1 Å². The van der Waals surface area contributed by atoms with Crippen molar-refractivity contribution < 1.29 is 37.9 Å². The van der Waals surface area contributed by atoms with Crippen LogP contribution < -0.4 is 32.7 Å². The Bertz CT molecular complexity index is 1610. The number of benzene rings is 1. The van der Waals surface area contributed by atoms with Crippen LogP contribution in [0.1, 0.15) is 86.5 Å². The monoisotopic (exact) mass is 752 g/mol. The SMILES string of the molecule is C#CC[C@@H](NC(=O)[C@H](CCCN=C(N)N(C)C)NC(=O)c1coc(CN)c1)C(=O)N[C@@H](CCCCNC(=O)OC(C)(C)C)C(=O)OCc1ccc(C)cc1. The van der Waals surface area contributed by atoms with Gasteiger partial charge in [0.15, 0.2) is 5.96 Å². The summed E-state index contributed by atoms with van der Waals surface area (Å²) in [5, 5.41) is 10.7. The van der Waals surface area contributed by atoms with E-state index in [1.807, 2.05) is 31.2 Å². The van der Waals surface area contributed by atoms with Gasteiger partial charge in [0.2, 0.25) is 11.8 Å². The molecule has 0 aliphatic heterocycles. The molecule has 1 aromatic carbocycles. The van der Waals surface area contributed by atoms with E-state index in [2.05, 4.69) is 32.2 Å². The van der Waals surface area contributed by atoms with E-state index >= 15 is 0 Å². The van der Waals surface area contributed by atoms with Crippen molar-refractivity contribution in [3.8, 4) is 12.3 Å². The fourth-order valence-electron chi connectivity index (χ4n) is 4.79. The number of esters is 1. The first-order valence-electron chi connectivity index (χ1n) is 17.8. The van der Waals surface area contributed by atoms with Crippen molar-refractivity contribution in [3.63, 3.8) is 0 Å². The topological polar surface area (TPSA) is 233 Å². The average molecular weight is 753 g/mol. The quantitative estimate of drug-likeness (QED) is 0.0378. The van der Waals surface area contributed by atoms with E-state index in [1.165, 1.54) is 12.3 Å². The number of nitrogens with zero attached hydrogens (tertiary/aromatic N) is 2. The molecular weight excluding hydrogens is 696 g/mol. The molecule has 3 atom stereocenters. The lowest BCUT2D eigenvalue weighted by atomic mass is 10.1. The highest BCUT2D eigenvalue weighted by molar-refractivity contribution is 5.98. The Labute approximate surface area is 317 Å². The Morgan fingerprint density at radius 2 is 1.61 bits per heavy atom. The Morgan fingerprint density at radius 3 is 2.22 bits per heavy atom. The molecule has 0 saturated heterocycles. The van der Waals surface area contributed by atoms with Crippen LogP contribution in [0.2, 0.25) is 0 Å². The number of aryl methyl sites for hydroxylation is 1. The van der Waals surface area contributed by atoms with E-state index in [0.717, 1.165) is 11.1 Å². The number of carbonyl (C=O) groups excluding carboxylic acids is 5. The van der Waals surface area contributed by atoms with E-state index in [0.29, 0.717) is 31.0 Å². The van der Waals surface area contributed by atoms with Crippen molar-refractivity contribution in [1.82, 2.24) is 26.2 Å². The highest BCUT2D eigenvalue weighted by Crippen LogP contribution is 2.12. The summed E-state index contributed by atoms with van der Waals surface area (Å²) in [6.07, 6.45) is 7.59. The molecule has 0 spiro atoms. The van der Waals surface area contributed by atoms with Crippen molar-refractivity contribution in [2.75, 3.05) is 27.2 Å². The smallest absolute Gasteiger partial charge is 0.407 e. The number of unbranched alkanes of at least 4 members (excludes halogenated alkanes) is 1. The van der Waals surface area contributed by atoms with Crippen LogP contribution in [0.25, 0.3) is 0 Å². The van der Waals surface area contributed by atoms with Gasteiger partial charge in [-0.25, -0.2) is 9.59 Å². The Morgan fingerprint density at radius 1 is 0.963 bits per heavy atom. The van der Waals surface area contributed by atoms with E-state index < -0.39 is 53.5 Å². The third kappa shape index (κ3) is 16.8. The predicted octanol–water partition coefficient (Wildman–Crippen LogP) is 2.23. The lowest BCUT2D eigenvalue weighted by Crippen LogP contribution is -2.55. The lowest BCUT2D eigenvalue weighted by molar-refractivity contribution is -0.149. The van der Waals surface area contributed by atoms with Crippen molar-refractivity contribution in [2.45, 2.75) is 103 Å². The summed E-state index contributed by atoms with van der Waals surface area (Å²) in [6, 6.07) is 5.44. The molecule has 0 aliphatic rings. The molecule has 0 aliphatic carbocycles. The number of alkyl carbamates (subject to hydrolysis) is 1. The third-order valence-electron chi connectivity index (χ3n) is 7.77. The van der Waals surface area contributed by atoms with Gasteiger partial charge < -0.3 is 51.5 Å². The van der Waals surface area contributed by atoms with Gasteiger partial charge in [-0.05, 0) is 71.4 Å². The highest BCUT2D eigenvalue weighted by Gasteiger charge is 2.30. The summed E-state index contributed by atoms with van der Waals surface area (Å²) in [7, 11) is 3.48. The van der Waals surface area contributed by atoms with Crippen LogP contribution in [0, 0.1) is 19.3 Å². The number of hydrogen-bond acceptors (Lipinski definition) is 10. The lowest BCUT2D eigenvalue weighted by Gasteiger charge is -2.24. The van der Waals surface area contributed by atoms with Crippen LogP contribution in [-0.4, -0.2) is 91.6 Å². The molecule has 16 heteroatoms. The number of aliphatic imine (C=N–C) groups is 1. The predicted molar refractivity (Wildman–Crippen MR) is 204 cm³/mol. The normalized spacial score (nSPS) is 13.0. The van der Waals surface area contributed by atoms with E-state index in [4.69, 9.17) is 31.8 Å². The van der Waals surface area contributed by atoms with Gasteiger partial charge in [-0.2, -0.15) is 0 Å². The molecule has 16 nitrogen and oxygen atoms in total. The zero-order valence-electron chi connectivity index (χ0n) is 32.2. The fraction of sp³-hybridized carbons (Fsp3) is 0.526. The molecule has 54 heavy (non-hydrogen) atoms. The maximum absolute atomic E-state index is 13.7. The minimum Gasteiger partial charge on any atom is -0.467 e. The van der Waals surface area contributed by atoms with Gasteiger partial charge in [0, 0.05) is 33.6 Å². The maximum atomic E-state index is 13.7. The summed E-state index contributed by atoms with van der Waals surface area (Å²) in [5.41, 5.74) is 12.8. The average Bonchev–Trinajstić information content (AvgIpc) is 3.60. The Hall–Kier alpha value is -5.56. The van der Waals surface area contributed by atoms with E-state index in [1.54, 1.807) is 39.8 Å². The largest absolute Gasteiger partial charge is 0.467 e. The van der Waals surface area contributed by atoms with Crippen LogP contribution in [0.15, 0.2) is 46.0 Å². The number of furan rings is 1. The van der Waals surface area contributed by atoms with Gasteiger partial charge in [-0.15, -0.1) is 12.3 Å². The number of nitrogens with two attached hydrogens (primary N) is 2. The standard InChI is InChI=1S/C38H56N8O8/c1-8-12-29(44-34(49)30(14-11-20-41-36(40)46(6)7)43-32(47)27-21-28(22-39)52-24-27)33(48)45-31(13-9-10-19-42-37(51)54-38(3,4)5)35(50)53-23-26-17-15-25(2)16-18-26/h1,15-18,21,24,29-31H,9-14,19-20,22-23,39H2,2-7H3,(H2,40,41)(H,42,51)(H,43,47)(H,44,49)(H,45,48)/t29-,30+,31+/m1/s1. The van der Waals surface area contributed by atoms with Crippen molar-refractivity contribution in [3.05, 3.63) is 59.0 Å². The second-order valence-corrected chi connectivity index (χ2v) is 13.9. The first-order chi connectivity index (χ1) is 25.5. The minimum atomic E-state index is -1.26. The summed E-state index contributed by atoms with van der Waals surface area (Å²) >= 11 is 0. The summed E-state index contributed by atoms with van der Waals surface area (Å²) in [6.45, 7) is 7.80. The van der Waals surface area contributed by atoms with Crippen LogP contribution in [0.5, 0.6) is 0 Å². The van der Waals surface area contributed by atoms with E-state index in [9.17, 15) is 24.0 Å². The third-order valence-corrected chi connectivity index (χ3v) is 7.77. The zero-order chi connectivity index (χ0) is 40.3. The van der Waals surface area contributed by atoms with Crippen molar-refractivity contribution in [1.29, 1.82) is 0 Å². The number of amides is 4. The number of terminal acetylenes is 1. The number of hydrogen-bond donors (Lipinski definition) is 6. The number of ether oxygens (including phenoxy) is 2. The molecule has 2 rings (SSSR count). The van der Waals surface area contributed by atoms with E-state index in [-0.39, 0.29) is 51.1 Å². The molecule has 1 aromatic heterocycles. The fourth-order valence-corrected chi connectivity index (χ4v) is 4.79. The van der Waals surface area contributed by atoms with Crippen molar-refractivity contribution in [2.24, 2.45) is 16.5 Å². The Kier molecular flexibility index (Phi) is 18.6. The van der Waals surface area contributed by atoms with Gasteiger partial charge in [-0.3, -0.25) is 19.4 Å². The van der Waals surface area contributed by atoms with Crippen LogP contribution in [0.4, 0.5) is 4.79 Å². The van der Waals surface area contributed by atoms with Gasteiger partial charge >= 0.3 is 12.1 Å². The summed E-state index contributed by atoms with van der Waals surface area (Å²) in [5.74, 6) is 0.388. The molecule has 296 valence electrons.